The van der Waals surface area contributed by atoms with E-state index in [0.29, 0.717) is 0 Å². The third-order valence-electron chi connectivity index (χ3n) is 2.34. The zero-order valence-electron chi connectivity index (χ0n) is 9.54. The van der Waals surface area contributed by atoms with Crippen molar-refractivity contribution >= 4 is 11.7 Å². The average molecular weight is 277 g/mol. The molecule has 1 atom stereocenters. The number of carboxylic acids is 1. The predicted octanol–water partition coefficient (Wildman–Crippen LogP) is 1.62. The lowest BCUT2D eigenvalue weighted by molar-refractivity contribution is -0.386. The summed E-state index contributed by atoms with van der Waals surface area (Å²) in [5, 5.41) is 28.8. The normalized spacial score (nSPS) is 12.3. The molecule has 1 rings (SSSR count). The number of halogens is 2. The highest BCUT2D eigenvalue weighted by Crippen LogP contribution is 2.35. The van der Waals surface area contributed by atoms with Crippen LogP contribution < -0.4 is 4.74 Å². The van der Waals surface area contributed by atoms with Gasteiger partial charge in [-0.3, -0.25) is 10.1 Å². The molecule has 1 aromatic carbocycles. The Morgan fingerprint density at radius 1 is 1.47 bits per heavy atom. The number of nitrogens with zero attached hydrogens (tertiary/aromatic N) is 1. The Hall–Kier alpha value is -2.29. The van der Waals surface area contributed by atoms with E-state index in [1.807, 2.05) is 0 Å². The number of nitro benzene ring substituents is 1. The van der Waals surface area contributed by atoms with Gasteiger partial charge in [-0.05, 0) is 19.1 Å². The smallest absolute Gasteiger partial charge is 0.387 e. The summed E-state index contributed by atoms with van der Waals surface area (Å²) in [7, 11) is 0. The fraction of sp³-hybridized carbons (Fsp3) is 0.300. The Morgan fingerprint density at radius 3 is 2.47 bits per heavy atom. The number of aliphatic carboxylic acids is 1. The summed E-state index contributed by atoms with van der Waals surface area (Å²) in [6.07, 6.45) is -2.13. The van der Waals surface area contributed by atoms with Crippen LogP contribution in [0.5, 0.6) is 5.75 Å². The molecular formula is C10H9F2NO6. The van der Waals surface area contributed by atoms with Gasteiger partial charge < -0.3 is 14.9 Å². The number of carboxylic acid groups (broad SMARTS) is 1. The highest BCUT2D eigenvalue weighted by atomic mass is 19.3. The number of ether oxygens (including phenoxy) is 1. The van der Waals surface area contributed by atoms with Crippen LogP contribution in [-0.4, -0.2) is 27.7 Å². The van der Waals surface area contributed by atoms with Crippen molar-refractivity contribution in [3.8, 4) is 5.75 Å². The van der Waals surface area contributed by atoms with E-state index in [4.69, 9.17) is 5.11 Å². The molecule has 0 saturated heterocycles. The first-order valence-electron chi connectivity index (χ1n) is 4.89. The number of carbonyl (C=O) groups is 1. The first kappa shape index (κ1) is 14.8. The fourth-order valence-corrected chi connectivity index (χ4v) is 1.52. The van der Waals surface area contributed by atoms with Crippen molar-refractivity contribution in [3.63, 3.8) is 0 Å². The monoisotopic (exact) mass is 277 g/mol. The van der Waals surface area contributed by atoms with E-state index in [2.05, 4.69) is 4.74 Å². The molecule has 0 fully saturated rings. The van der Waals surface area contributed by atoms with Crippen LogP contribution in [0.15, 0.2) is 12.1 Å². The number of hydrogen-bond donors (Lipinski definition) is 2. The van der Waals surface area contributed by atoms with Crippen LogP contribution in [0.25, 0.3) is 0 Å². The maximum absolute atomic E-state index is 12.1. The van der Waals surface area contributed by atoms with Crippen LogP contribution >= 0.6 is 0 Å². The van der Waals surface area contributed by atoms with Gasteiger partial charge in [-0.15, -0.1) is 0 Å². The van der Waals surface area contributed by atoms with Crippen LogP contribution in [0.3, 0.4) is 0 Å². The zero-order valence-corrected chi connectivity index (χ0v) is 9.54. The van der Waals surface area contributed by atoms with Gasteiger partial charge in [-0.2, -0.15) is 8.78 Å². The lowest BCUT2D eigenvalue weighted by Crippen LogP contribution is -2.14. The van der Waals surface area contributed by atoms with Gasteiger partial charge >= 0.3 is 12.6 Å². The van der Waals surface area contributed by atoms with Gasteiger partial charge in [-0.1, -0.05) is 0 Å². The zero-order chi connectivity index (χ0) is 14.7. The number of benzene rings is 1. The van der Waals surface area contributed by atoms with Crippen molar-refractivity contribution < 1.29 is 33.4 Å². The molecule has 0 aliphatic carbocycles. The van der Waals surface area contributed by atoms with E-state index < -0.39 is 40.6 Å². The Balaban J connectivity index is 3.40. The molecule has 0 spiro atoms. The minimum atomic E-state index is -3.17. The van der Waals surface area contributed by atoms with Gasteiger partial charge in [0.25, 0.3) is 5.69 Å². The Morgan fingerprint density at radius 2 is 2.05 bits per heavy atom. The minimum absolute atomic E-state index is 0.289. The van der Waals surface area contributed by atoms with Gasteiger partial charge in [0.15, 0.2) is 6.10 Å². The molecule has 0 aliphatic rings. The number of rotatable bonds is 5. The third-order valence-corrected chi connectivity index (χ3v) is 2.34. The summed E-state index contributed by atoms with van der Waals surface area (Å²) in [5.74, 6) is -2.15. The lowest BCUT2D eigenvalue weighted by atomic mass is 10.0. The lowest BCUT2D eigenvalue weighted by Gasteiger charge is -2.12. The molecule has 9 heteroatoms. The van der Waals surface area contributed by atoms with Gasteiger partial charge in [0, 0.05) is 0 Å². The number of nitro groups is 1. The Kier molecular flexibility index (Phi) is 4.33. The SMILES string of the molecule is Cc1c(OC(F)F)ccc(C(O)C(=O)O)c1[N+](=O)[O-]. The predicted molar refractivity (Wildman–Crippen MR) is 57.1 cm³/mol. The van der Waals surface area contributed by atoms with Crippen molar-refractivity contribution in [2.45, 2.75) is 19.6 Å². The molecule has 0 amide bonds. The summed E-state index contributed by atoms with van der Waals surface area (Å²) < 4.78 is 28.2. The van der Waals surface area contributed by atoms with Crippen LogP contribution in [-0.2, 0) is 4.79 Å². The number of aliphatic hydroxyl groups excluding tert-OH is 1. The molecular weight excluding hydrogens is 268 g/mol. The molecule has 7 nitrogen and oxygen atoms in total. The van der Waals surface area contributed by atoms with Gasteiger partial charge in [0.1, 0.15) is 5.75 Å². The highest BCUT2D eigenvalue weighted by molar-refractivity contribution is 5.76. The van der Waals surface area contributed by atoms with Crippen molar-refractivity contribution in [2.24, 2.45) is 0 Å². The summed E-state index contributed by atoms with van der Waals surface area (Å²) >= 11 is 0. The second-order valence-corrected chi connectivity index (χ2v) is 3.50. The molecule has 0 aliphatic heterocycles. The van der Waals surface area contributed by atoms with Crippen molar-refractivity contribution in [1.82, 2.24) is 0 Å². The van der Waals surface area contributed by atoms with Gasteiger partial charge in [0.2, 0.25) is 0 Å². The maximum Gasteiger partial charge on any atom is 0.387 e. The molecule has 1 unspecified atom stereocenters. The Bertz CT molecular complexity index is 519. The molecule has 0 bridgehead atoms. The molecule has 1 aromatic rings. The summed E-state index contributed by atoms with van der Waals surface area (Å²) in [4.78, 5) is 20.5. The topological polar surface area (TPSA) is 110 Å². The first-order chi connectivity index (χ1) is 8.75. The largest absolute Gasteiger partial charge is 0.479 e. The molecule has 19 heavy (non-hydrogen) atoms. The van der Waals surface area contributed by atoms with E-state index in [0.717, 1.165) is 19.1 Å². The second-order valence-electron chi connectivity index (χ2n) is 3.50. The average Bonchev–Trinajstić information content (AvgIpc) is 2.29. The van der Waals surface area contributed by atoms with Crippen molar-refractivity contribution in [3.05, 3.63) is 33.4 Å². The molecule has 0 radical (unpaired) electrons. The van der Waals surface area contributed by atoms with Crippen LogP contribution in [0, 0.1) is 17.0 Å². The molecule has 104 valence electrons. The molecule has 0 aromatic heterocycles. The van der Waals surface area contributed by atoms with Gasteiger partial charge in [-0.25, -0.2) is 4.79 Å². The molecule has 2 N–H and O–H groups in total. The quantitative estimate of drug-likeness (QED) is 0.625. The first-order valence-corrected chi connectivity index (χ1v) is 4.89. The Labute approximate surface area is 105 Å². The highest BCUT2D eigenvalue weighted by Gasteiger charge is 2.29. The van der Waals surface area contributed by atoms with Crippen LogP contribution in [0.4, 0.5) is 14.5 Å². The third kappa shape index (κ3) is 3.13. The fourth-order valence-electron chi connectivity index (χ4n) is 1.52. The minimum Gasteiger partial charge on any atom is -0.479 e. The summed E-state index contributed by atoms with van der Waals surface area (Å²) in [5.41, 5.74) is -1.56. The van der Waals surface area contributed by atoms with Crippen LogP contribution in [0.2, 0.25) is 0 Å². The van der Waals surface area contributed by atoms with E-state index in [1.165, 1.54) is 0 Å². The summed E-state index contributed by atoms with van der Waals surface area (Å²) in [6, 6.07) is 1.80. The number of aliphatic hydroxyl groups is 1. The van der Waals surface area contributed by atoms with E-state index in [1.54, 1.807) is 0 Å². The molecule has 0 heterocycles. The maximum atomic E-state index is 12.1. The van der Waals surface area contributed by atoms with Crippen molar-refractivity contribution in [1.29, 1.82) is 0 Å². The standard InChI is InChI=1S/C10H9F2NO6/c1-4-6(19-10(11)12)3-2-5(7(4)13(17)18)8(14)9(15)16/h2-3,8,10,14H,1H3,(H,15,16). The molecule has 0 saturated carbocycles. The summed E-state index contributed by atoms with van der Waals surface area (Å²) in [6.45, 7) is -2.05. The second kappa shape index (κ2) is 5.57. The van der Waals surface area contributed by atoms with E-state index >= 15 is 0 Å². The number of hydrogen-bond acceptors (Lipinski definition) is 5. The van der Waals surface area contributed by atoms with E-state index in [-0.39, 0.29) is 5.56 Å². The van der Waals surface area contributed by atoms with Gasteiger partial charge in [0.05, 0.1) is 16.1 Å². The van der Waals surface area contributed by atoms with E-state index in [9.17, 15) is 28.8 Å². The van der Waals surface area contributed by atoms with Crippen molar-refractivity contribution in [2.75, 3.05) is 0 Å². The number of alkyl halides is 2. The van der Waals surface area contributed by atoms with Crippen LogP contribution in [0.1, 0.15) is 17.2 Å².